The summed E-state index contributed by atoms with van der Waals surface area (Å²) in [5.41, 5.74) is 1.13. The van der Waals surface area contributed by atoms with Crippen LogP contribution >= 0.6 is 0 Å². The lowest BCUT2D eigenvalue weighted by Crippen LogP contribution is -2.11. The van der Waals surface area contributed by atoms with E-state index < -0.39 is 5.97 Å². The molecule has 1 N–H and O–H groups in total. The fraction of sp³-hybridized carbons (Fsp3) is 0.0667. The van der Waals surface area contributed by atoms with Crippen LogP contribution in [0.2, 0.25) is 0 Å². The second kappa shape index (κ2) is 5.52. The van der Waals surface area contributed by atoms with E-state index in [0.29, 0.717) is 11.4 Å². The van der Waals surface area contributed by atoms with Crippen LogP contribution in [0.25, 0.3) is 11.8 Å². The Morgan fingerprint density at radius 1 is 1.35 bits per heavy atom. The lowest BCUT2D eigenvalue weighted by molar-refractivity contribution is -0.131. The van der Waals surface area contributed by atoms with E-state index in [1.54, 1.807) is 23.6 Å². The summed E-state index contributed by atoms with van der Waals surface area (Å²) in [6.45, 7) is 1.72. The number of carbonyl (C=O) groups is 1. The Balaban J connectivity index is 2.57. The van der Waals surface area contributed by atoms with Gasteiger partial charge in [-0.3, -0.25) is 4.79 Å². The van der Waals surface area contributed by atoms with Gasteiger partial charge in [0.05, 0.1) is 0 Å². The third-order valence-corrected chi connectivity index (χ3v) is 2.76. The van der Waals surface area contributed by atoms with Crippen molar-refractivity contribution in [3.63, 3.8) is 0 Å². The van der Waals surface area contributed by atoms with Crippen LogP contribution in [0.3, 0.4) is 0 Å². The molecule has 0 fully saturated rings. The van der Waals surface area contributed by atoms with Crippen LogP contribution in [-0.4, -0.2) is 15.6 Å². The van der Waals surface area contributed by atoms with Crippen molar-refractivity contribution in [2.75, 3.05) is 0 Å². The minimum atomic E-state index is -1.14. The standard InChI is InChI=1S/C15H12FNO3/c1-10-7-14(18)11(5-6-15(19)20)9-17(10)13-4-2-3-12(16)8-13/h2-9H,1H3,(H,19,20)/b6-5+. The summed E-state index contributed by atoms with van der Waals surface area (Å²) in [4.78, 5) is 22.3. The number of aryl methyl sites for hydroxylation is 1. The molecule has 0 amide bonds. The highest BCUT2D eigenvalue weighted by Crippen LogP contribution is 2.13. The van der Waals surface area contributed by atoms with Gasteiger partial charge in [-0.15, -0.1) is 0 Å². The highest BCUT2D eigenvalue weighted by Gasteiger charge is 2.05. The maximum atomic E-state index is 13.3. The SMILES string of the molecule is Cc1cc(=O)c(/C=C/C(=O)O)cn1-c1cccc(F)c1. The largest absolute Gasteiger partial charge is 0.478 e. The molecule has 0 unspecified atom stereocenters. The molecule has 0 aliphatic heterocycles. The summed E-state index contributed by atoms with van der Waals surface area (Å²) in [6.07, 6.45) is 3.60. The number of benzene rings is 1. The predicted molar refractivity (Wildman–Crippen MR) is 73.4 cm³/mol. The van der Waals surface area contributed by atoms with Crippen LogP contribution in [0.4, 0.5) is 4.39 Å². The highest BCUT2D eigenvalue weighted by molar-refractivity contribution is 5.85. The molecular weight excluding hydrogens is 261 g/mol. The van der Waals surface area contributed by atoms with Crippen molar-refractivity contribution >= 4 is 12.0 Å². The van der Waals surface area contributed by atoms with Crippen molar-refractivity contribution in [3.05, 3.63) is 69.9 Å². The van der Waals surface area contributed by atoms with E-state index in [4.69, 9.17) is 5.11 Å². The maximum absolute atomic E-state index is 13.3. The maximum Gasteiger partial charge on any atom is 0.328 e. The van der Waals surface area contributed by atoms with Crippen molar-refractivity contribution in [1.82, 2.24) is 4.57 Å². The molecule has 1 heterocycles. The molecule has 0 radical (unpaired) electrons. The molecule has 2 aromatic rings. The average Bonchev–Trinajstić information content (AvgIpc) is 2.37. The van der Waals surface area contributed by atoms with Gasteiger partial charge in [-0.1, -0.05) is 6.07 Å². The normalized spacial score (nSPS) is 10.9. The summed E-state index contributed by atoms with van der Waals surface area (Å²) in [6, 6.07) is 7.31. The van der Waals surface area contributed by atoms with Crippen molar-refractivity contribution in [3.8, 4) is 5.69 Å². The van der Waals surface area contributed by atoms with Gasteiger partial charge >= 0.3 is 5.97 Å². The van der Waals surface area contributed by atoms with E-state index >= 15 is 0 Å². The van der Waals surface area contributed by atoms with Crippen LogP contribution in [0.15, 0.2) is 47.4 Å². The zero-order valence-corrected chi connectivity index (χ0v) is 10.7. The fourth-order valence-corrected chi connectivity index (χ4v) is 1.84. The third kappa shape index (κ3) is 3.00. The molecule has 2 rings (SSSR count). The van der Waals surface area contributed by atoms with E-state index in [0.717, 1.165) is 6.08 Å². The minimum Gasteiger partial charge on any atom is -0.478 e. The molecule has 5 heteroatoms. The number of pyridine rings is 1. The molecule has 1 aromatic heterocycles. The van der Waals surface area contributed by atoms with Crippen LogP contribution in [0.5, 0.6) is 0 Å². The van der Waals surface area contributed by atoms with Gasteiger partial charge in [0.1, 0.15) is 5.82 Å². The first-order valence-corrected chi connectivity index (χ1v) is 5.87. The molecule has 0 bridgehead atoms. The molecule has 0 saturated carbocycles. The topological polar surface area (TPSA) is 59.3 Å². The molecule has 102 valence electrons. The molecule has 4 nitrogen and oxygen atoms in total. The van der Waals surface area contributed by atoms with Gasteiger partial charge < -0.3 is 9.67 Å². The Labute approximate surface area is 114 Å². The molecule has 1 aromatic carbocycles. The first-order chi connectivity index (χ1) is 9.47. The van der Waals surface area contributed by atoms with Gasteiger partial charge in [0.25, 0.3) is 0 Å². The van der Waals surface area contributed by atoms with Crippen LogP contribution in [0.1, 0.15) is 11.3 Å². The van der Waals surface area contributed by atoms with Crippen LogP contribution in [-0.2, 0) is 4.79 Å². The number of aliphatic carboxylic acids is 1. The van der Waals surface area contributed by atoms with Crippen molar-refractivity contribution in [2.24, 2.45) is 0 Å². The first kappa shape index (κ1) is 13.7. The predicted octanol–water partition coefficient (Wildman–Crippen LogP) is 2.38. The van der Waals surface area contributed by atoms with E-state index in [1.807, 2.05) is 0 Å². The monoisotopic (exact) mass is 273 g/mol. The number of halogens is 1. The number of hydrogen-bond donors (Lipinski definition) is 1. The molecular formula is C15H12FNO3. The van der Waals surface area contributed by atoms with Gasteiger partial charge in [0.15, 0.2) is 5.43 Å². The number of nitrogens with zero attached hydrogens (tertiary/aromatic N) is 1. The van der Waals surface area contributed by atoms with E-state index in [-0.39, 0.29) is 16.8 Å². The van der Waals surface area contributed by atoms with Gasteiger partial charge in [0, 0.05) is 35.3 Å². The van der Waals surface area contributed by atoms with Gasteiger partial charge in [-0.05, 0) is 31.2 Å². The van der Waals surface area contributed by atoms with Gasteiger partial charge in [-0.2, -0.15) is 0 Å². The quantitative estimate of drug-likeness (QED) is 0.873. The zero-order chi connectivity index (χ0) is 14.7. The third-order valence-electron chi connectivity index (χ3n) is 2.76. The Kier molecular flexibility index (Phi) is 3.79. The Hall–Kier alpha value is -2.69. The second-order valence-corrected chi connectivity index (χ2v) is 4.26. The highest BCUT2D eigenvalue weighted by atomic mass is 19.1. The fourth-order valence-electron chi connectivity index (χ4n) is 1.84. The lowest BCUT2D eigenvalue weighted by atomic mass is 10.2. The smallest absolute Gasteiger partial charge is 0.328 e. The molecule has 0 atom stereocenters. The average molecular weight is 273 g/mol. The van der Waals surface area contributed by atoms with Crippen molar-refractivity contribution in [1.29, 1.82) is 0 Å². The number of rotatable bonds is 3. The number of carboxylic acids is 1. The molecule has 0 aliphatic carbocycles. The Bertz CT molecular complexity index is 747. The number of carboxylic acid groups (broad SMARTS) is 1. The number of aromatic nitrogens is 1. The summed E-state index contributed by atoms with van der Waals surface area (Å²) >= 11 is 0. The van der Waals surface area contributed by atoms with Gasteiger partial charge in [-0.25, -0.2) is 9.18 Å². The zero-order valence-electron chi connectivity index (χ0n) is 10.7. The molecule has 0 aliphatic rings. The van der Waals surface area contributed by atoms with E-state index in [9.17, 15) is 14.0 Å². The Morgan fingerprint density at radius 3 is 2.75 bits per heavy atom. The molecule has 0 spiro atoms. The van der Waals surface area contributed by atoms with Crippen molar-refractivity contribution < 1.29 is 14.3 Å². The first-order valence-electron chi connectivity index (χ1n) is 5.87. The van der Waals surface area contributed by atoms with E-state index in [1.165, 1.54) is 30.5 Å². The van der Waals surface area contributed by atoms with Crippen LogP contribution in [0, 0.1) is 12.7 Å². The minimum absolute atomic E-state index is 0.224. The Morgan fingerprint density at radius 2 is 2.10 bits per heavy atom. The summed E-state index contributed by atoms with van der Waals surface area (Å²) in [7, 11) is 0. The summed E-state index contributed by atoms with van der Waals surface area (Å²) < 4.78 is 14.9. The molecule has 0 saturated heterocycles. The van der Waals surface area contributed by atoms with Crippen molar-refractivity contribution in [2.45, 2.75) is 6.92 Å². The second-order valence-electron chi connectivity index (χ2n) is 4.26. The lowest BCUT2D eigenvalue weighted by Gasteiger charge is -2.11. The van der Waals surface area contributed by atoms with Crippen LogP contribution < -0.4 is 5.43 Å². The van der Waals surface area contributed by atoms with E-state index in [2.05, 4.69) is 0 Å². The molecule has 20 heavy (non-hydrogen) atoms. The number of hydrogen-bond acceptors (Lipinski definition) is 2. The summed E-state index contributed by atoms with van der Waals surface area (Å²) in [5.74, 6) is -1.52. The van der Waals surface area contributed by atoms with Gasteiger partial charge in [0.2, 0.25) is 0 Å². The summed E-state index contributed by atoms with van der Waals surface area (Å²) in [5, 5.41) is 8.60.